The van der Waals surface area contributed by atoms with Gasteiger partial charge in [-0.2, -0.15) is 13.2 Å². The minimum absolute atomic E-state index is 0.0142. The molecule has 4 rings (SSSR count). The second-order valence-electron chi connectivity index (χ2n) is 12.4. The van der Waals surface area contributed by atoms with Gasteiger partial charge in [0.1, 0.15) is 18.0 Å². The fraction of sp³-hybridized carbons (Fsp3) is 0.263. The van der Waals surface area contributed by atoms with Crippen molar-refractivity contribution in [3.63, 3.8) is 0 Å². The molecule has 0 aliphatic rings. The van der Waals surface area contributed by atoms with E-state index in [1.54, 1.807) is 51.1 Å². The number of benzene rings is 4. The van der Waals surface area contributed by atoms with Crippen molar-refractivity contribution in [3.05, 3.63) is 119 Å². The Bertz CT molecular complexity index is 1820. The van der Waals surface area contributed by atoms with Gasteiger partial charge in [-0.1, -0.05) is 54.6 Å². The van der Waals surface area contributed by atoms with E-state index in [-0.39, 0.29) is 44.1 Å². The highest BCUT2D eigenvalue weighted by atomic mass is 19.4. The Morgan fingerprint density at radius 1 is 0.706 bits per heavy atom. The number of carbonyl (C=O) groups is 4. The zero-order valence-corrected chi connectivity index (χ0v) is 28.3. The van der Waals surface area contributed by atoms with Gasteiger partial charge in [0.05, 0.1) is 17.7 Å². The summed E-state index contributed by atoms with van der Waals surface area (Å²) in [5.74, 6) is -1.04. The summed E-state index contributed by atoms with van der Waals surface area (Å²) in [6, 6.07) is 24.1. The number of esters is 2. The largest absolute Gasteiger partial charge is 0.482 e. The molecule has 0 saturated carbocycles. The molecule has 0 bridgehead atoms. The number of carbonyl (C=O) groups excluding carboxylic acids is 4. The zero-order valence-electron chi connectivity index (χ0n) is 28.3. The van der Waals surface area contributed by atoms with E-state index in [0.29, 0.717) is 28.3 Å². The smallest absolute Gasteiger partial charge is 0.418 e. The number of hydrogen-bond acceptors (Lipinski definition) is 7. The first-order valence-corrected chi connectivity index (χ1v) is 15.9. The molecular formula is C38H38F3N3O7. The van der Waals surface area contributed by atoms with Crippen LogP contribution >= 0.6 is 0 Å². The monoisotopic (exact) mass is 705 g/mol. The van der Waals surface area contributed by atoms with Crippen molar-refractivity contribution in [2.75, 3.05) is 22.6 Å². The third-order valence-electron chi connectivity index (χ3n) is 7.01. The van der Waals surface area contributed by atoms with Gasteiger partial charge in [0.25, 0.3) is 0 Å². The van der Waals surface area contributed by atoms with Crippen molar-refractivity contribution >= 4 is 40.9 Å². The highest BCUT2D eigenvalue weighted by molar-refractivity contribution is 6.00. The number of halogens is 3. The predicted molar refractivity (Wildman–Crippen MR) is 185 cm³/mol. The van der Waals surface area contributed by atoms with E-state index in [4.69, 9.17) is 14.2 Å². The third kappa shape index (κ3) is 12.8. The average Bonchev–Trinajstić information content (AvgIpc) is 3.06. The van der Waals surface area contributed by atoms with Crippen molar-refractivity contribution in [1.29, 1.82) is 0 Å². The number of rotatable bonds is 13. The van der Waals surface area contributed by atoms with Gasteiger partial charge in [0, 0.05) is 17.8 Å². The highest BCUT2D eigenvalue weighted by Gasteiger charge is 2.33. The van der Waals surface area contributed by atoms with Gasteiger partial charge in [-0.3, -0.25) is 9.59 Å². The molecule has 0 aliphatic carbocycles. The number of hydrogen-bond donors (Lipinski definition) is 3. The number of anilines is 3. The molecule has 0 aliphatic heterocycles. The standard InChI is InChI=1S/C38H38F3N3O7/c1-37(2,3)51-35(47)24-49-32-19-18-29(22-27(32)15-20-34(46)50-23-26-9-5-4-6-10-26)42-33(45)21-25-13-16-28(17-14-25)43-36(48)44-31-12-8-7-11-30(31)38(39,40)41/h4-14,16-19,22H,15,20-21,23-24H2,1-3H3,(H,42,45)(H2,43,44,48). The lowest BCUT2D eigenvalue weighted by atomic mass is 10.1. The summed E-state index contributed by atoms with van der Waals surface area (Å²) in [6.45, 7) is 4.99. The number of nitrogens with one attached hydrogen (secondary N) is 3. The molecule has 0 fully saturated rings. The van der Waals surface area contributed by atoms with Crippen LogP contribution in [0.5, 0.6) is 5.75 Å². The molecule has 0 aromatic heterocycles. The molecule has 0 saturated heterocycles. The summed E-state index contributed by atoms with van der Waals surface area (Å²) in [7, 11) is 0. The molecule has 0 heterocycles. The minimum atomic E-state index is -4.64. The van der Waals surface area contributed by atoms with Crippen LogP contribution in [0.15, 0.2) is 97.1 Å². The average molecular weight is 706 g/mol. The Hall–Kier alpha value is -5.85. The molecule has 0 spiro atoms. The lowest BCUT2D eigenvalue weighted by Gasteiger charge is -2.20. The molecular weight excluding hydrogens is 667 g/mol. The Morgan fingerprint density at radius 2 is 1.37 bits per heavy atom. The Kier molecular flexibility index (Phi) is 12.8. The number of ether oxygens (including phenoxy) is 3. The summed E-state index contributed by atoms with van der Waals surface area (Å²) in [5, 5.41) is 7.49. The van der Waals surface area contributed by atoms with Gasteiger partial charge in [-0.25, -0.2) is 9.59 Å². The quantitative estimate of drug-likeness (QED) is 0.120. The van der Waals surface area contributed by atoms with E-state index >= 15 is 0 Å². The SMILES string of the molecule is CC(C)(C)OC(=O)COc1ccc(NC(=O)Cc2ccc(NC(=O)Nc3ccccc3C(F)(F)F)cc2)cc1CCC(=O)OCc1ccccc1. The van der Waals surface area contributed by atoms with Crippen LogP contribution in [-0.4, -0.2) is 36.1 Å². The highest BCUT2D eigenvalue weighted by Crippen LogP contribution is 2.34. The van der Waals surface area contributed by atoms with Crippen molar-refractivity contribution < 1.29 is 46.6 Å². The fourth-order valence-corrected chi connectivity index (χ4v) is 4.77. The number of alkyl halides is 3. The molecule has 268 valence electrons. The van der Waals surface area contributed by atoms with Crippen molar-refractivity contribution in [2.45, 2.75) is 58.4 Å². The van der Waals surface area contributed by atoms with Gasteiger partial charge in [-0.05, 0) is 86.3 Å². The fourth-order valence-electron chi connectivity index (χ4n) is 4.77. The maximum atomic E-state index is 13.2. The summed E-state index contributed by atoms with van der Waals surface area (Å²) >= 11 is 0. The lowest BCUT2D eigenvalue weighted by Crippen LogP contribution is -2.27. The van der Waals surface area contributed by atoms with Gasteiger partial charge < -0.3 is 30.2 Å². The van der Waals surface area contributed by atoms with Crippen molar-refractivity contribution in [2.24, 2.45) is 0 Å². The van der Waals surface area contributed by atoms with Crippen LogP contribution in [-0.2, 0) is 49.5 Å². The van der Waals surface area contributed by atoms with Crippen molar-refractivity contribution in [1.82, 2.24) is 0 Å². The first kappa shape index (κ1) is 38.0. The Labute approximate surface area is 293 Å². The molecule has 3 amide bonds. The minimum Gasteiger partial charge on any atom is -0.482 e. The molecule has 3 N–H and O–H groups in total. The number of amides is 3. The van der Waals surface area contributed by atoms with Crippen LogP contribution < -0.4 is 20.7 Å². The first-order chi connectivity index (χ1) is 24.1. The maximum absolute atomic E-state index is 13.2. The molecule has 0 radical (unpaired) electrons. The maximum Gasteiger partial charge on any atom is 0.418 e. The van der Waals surface area contributed by atoms with E-state index in [0.717, 1.165) is 17.7 Å². The van der Waals surface area contributed by atoms with Crippen LogP contribution in [0.1, 0.15) is 49.4 Å². The Morgan fingerprint density at radius 3 is 2.06 bits per heavy atom. The van der Waals surface area contributed by atoms with Gasteiger partial charge in [-0.15, -0.1) is 0 Å². The van der Waals surface area contributed by atoms with Crippen LogP contribution in [0.4, 0.5) is 35.0 Å². The number of urea groups is 1. The van der Waals surface area contributed by atoms with E-state index in [1.807, 2.05) is 30.3 Å². The lowest BCUT2D eigenvalue weighted by molar-refractivity contribution is -0.157. The van der Waals surface area contributed by atoms with Gasteiger partial charge >= 0.3 is 24.1 Å². The summed E-state index contributed by atoms with van der Waals surface area (Å²) in [4.78, 5) is 50.1. The van der Waals surface area contributed by atoms with Crippen LogP contribution in [0.3, 0.4) is 0 Å². The van der Waals surface area contributed by atoms with Gasteiger partial charge in [0.2, 0.25) is 5.91 Å². The van der Waals surface area contributed by atoms with E-state index in [9.17, 15) is 32.3 Å². The van der Waals surface area contributed by atoms with Crippen LogP contribution in [0.2, 0.25) is 0 Å². The topological polar surface area (TPSA) is 132 Å². The molecule has 4 aromatic carbocycles. The molecule has 51 heavy (non-hydrogen) atoms. The summed E-state index contributed by atoms with van der Waals surface area (Å²) in [5.41, 5.74) is 0.667. The second kappa shape index (κ2) is 17.2. The van der Waals surface area contributed by atoms with Crippen LogP contribution in [0, 0.1) is 0 Å². The van der Waals surface area contributed by atoms with Gasteiger partial charge in [0.15, 0.2) is 6.61 Å². The first-order valence-electron chi connectivity index (χ1n) is 15.9. The third-order valence-corrected chi connectivity index (χ3v) is 7.01. The zero-order chi connectivity index (χ0) is 37.0. The summed E-state index contributed by atoms with van der Waals surface area (Å²) < 4.78 is 56.2. The van der Waals surface area contributed by atoms with E-state index < -0.39 is 35.3 Å². The molecule has 0 unspecified atom stereocenters. The van der Waals surface area contributed by atoms with Crippen molar-refractivity contribution in [3.8, 4) is 5.75 Å². The summed E-state index contributed by atoms with van der Waals surface area (Å²) in [6.07, 6.45) is -4.46. The predicted octanol–water partition coefficient (Wildman–Crippen LogP) is 7.93. The normalized spacial score (nSPS) is 11.3. The van der Waals surface area contributed by atoms with E-state index in [2.05, 4.69) is 16.0 Å². The molecule has 0 atom stereocenters. The molecule has 13 heteroatoms. The molecule has 10 nitrogen and oxygen atoms in total. The molecule has 4 aromatic rings. The van der Waals surface area contributed by atoms with Crippen LogP contribution in [0.25, 0.3) is 0 Å². The number of aryl methyl sites for hydroxylation is 1. The number of para-hydroxylation sites is 1. The Balaban J connectivity index is 1.35. The second-order valence-corrected chi connectivity index (χ2v) is 12.4. The van der Waals surface area contributed by atoms with E-state index in [1.165, 1.54) is 24.3 Å².